The number of benzene rings is 2. The molecular weight excluding hydrogens is 454 g/mol. The van der Waals surface area contributed by atoms with Crippen molar-refractivity contribution in [2.45, 2.75) is 20.0 Å². The van der Waals surface area contributed by atoms with Gasteiger partial charge in [-0.05, 0) is 19.1 Å². The number of nitrogens with zero attached hydrogens (tertiary/aromatic N) is 4. The van der Waals surface area contributed by atoms with E-state index in [1.165, 1.54) is 4.90 Å². The number of hydrogen-bond acceptors (Lipinski definition) is 5. The van der Waals surface area contributed by atoms with E-state index < -0.39 is 0 Å². The molecule has 5 rings (SSSR count). The molecule has 0 aliphatic carbocycles. The zero-order chi connectivity index (χ0) is 25.2. The monoisotopic (exact) mass is 479 g/mol. The van der Waals surface area contributed by atoms with Crippen molar-refractivity contribution in [3.8, 4) is 6.07 Å². The standard InChI is InChI=1S/C28H25N5O3/c1-2-31-17-21(19-7-3-5-9-23(19)31)25-26(28(36)33(27(25)35)15-12-30-13-16-34)22-18-32(14-11-29)24-10-6-4-8-20(22)24/h3-10,16-18,30H,2,12-15H2,1H3. The Balaban J connectivity index is 1.75. The lowest BCUT2D eigenvalue weighted by Gasteiger charge is -2.15. The lowest BCUT2D eigenvalue weighted by atomic mass is 9.95. The molecule has 0 saturated carbocycles. The zero-order valence-electron chi connectivity index (χ0n) is 19.9. The largest absolute Gasteiger partial charge is 0.347 e. The molecular formula is C28H25N5O3. The molecule has 0 spiro atoms. The number of aldehydes is 1. The number of fused-ring (bicyclic) bond motifs is 2. The van der Waals surface area contributed by atoms with Crippen LogP contribution in [-0.4, -0.2) is 51.8 Å². The van der Waals surface area contributed by atoms with Gasteiger partial charge in [0.2, 0.25) is 0 Å². The van der Waals surface area contributed by atoms with Crippen LogP contribution in [0.15, 0.2) is 60.9 Å². The molecule has 8 nitrogen and oxygen atoms in total. The summed E-state index contributed by atoms with van der Waals surface area (Å²) in [5.41, 5.74) is 3.84. The maximum Gasteiger partial charge on any atom is 0.262 e. The second kappa shape index (κ2) is 9.64. The van der Waals surface area contributed by atoms with Gasteiger partial charge in [-0.15, -0.1) is 0 Å². The fraction of sp³-hybridized carbons (Fsp3) is 0.214. The number of amides is 2. The number of carbonyl (C=O) groups is 3. The van der Waals surface area contributed by atoms with Crippen LogP contribution in [0.5, 0.6) is 0 Å². The van der Waals surface area contributed by atoms with Crippen LogP contribution >= 0.6 is 0 Å². The Hall–Kier alpha value is -4.48. The first-order valence-electron chi connectivity index (χ1n) is 11.9. The highest BCUT2D eigenvalue weighted by Crippen LogP contribution is 2.41. The summed E-state index contributed by atoms with van der Waals surface area (Å²) < 4.78 is 3.87. The van der Waals surface area contributed by atoms with E-state index in [0.29, 0.717) is 35.4 Å². The number of imide groups is 1. The number of para-hydroxylation sites is 2. The van der Waals surface area contributed by atoms with Crippen LogP contribution < -0.4 is 5.32 Å². The van der Waals surface area contributed by atoms with Crippen molar-refractivity contribution in [3.05, 3.63) is 72.1 Å². The molecule has 1 aliphatic heterocycles. The van der Waals surface area contributed by atoms with E-state index in [0.717, 1.165) is 28.1 Å². The topological polar surface area (TPSA) is 100 Å². The molecule has 0 atom stereocenters. The van der Waals surface area contributed by atoms with Crippen molar-refractivity contribution in [2.75, 3.05) is 19.6 Å². The van der Waals surface area contributed by atoms with Crippen LogP contribution in [0.2, 0.25) is 0 Å². The van der Waals surface area contributed by atoms with Gasteiger partial charge in [-0.3, -0.25) is 14.5 Å². The fourth-order valence-corrected chi connectivity index (χ4v) is 4.99. The zero-order valence-corrected chi connectivity index (χ0v) is 19.9. The van der Waals surface area contributed by atoms with E-state index in [1.54, 1.807) is 10.8 Å². The number of aryl methyl sites for hydroxylation is 1. The van der Waals surface area contributed by atoms with E-state index in [-0.39, 0.29) is 31.4 Å². The number of nitriles is 1. The molecule has 0 bridgehead atoms. The molecule has 180 valence electrons. The predicted molar refractivity (Wildman–Crippen MR) is 138 cm³/mol. The first-order chi connectivity index (χ1) is 17.6. The summed E-state index contributed by atoms with van der Waals surface area (Å²) in [6.45, 7) is 3.47. The van der Waals surface area contributed by atoms with Crippen molar-refractivity contribution in [1.82, 2.24) is 19.4 Å². The van der Waals surface area contributed by atoms with Crippen LogP contribution in [0, 0.1) is 11.3 Å². The van der Waals surface area contributed by atoms with Gasteiger partial charge < -0.3 is 19.2 Å². The van der Waals surface area contributed by atoms with E-state index in [4.69, 9.17) is 0 Å². The Labute approximate surface area is 208 Å². The summed E-state index contributed by atoms with van der Waals surface area (Å²) in [4.78, 5) is 39.7. The van der Waals surface area contributed by atoms with Gasteiger partial charge >= 0.3 is 0 Å². The van der Waals surface area contributed by atoms with Crippen LogP contribution in [0.3, 0.4) is 0 Å². The third-order valence-corrected chi connectivity index (χ3v) is 6.61. The minimum atomic E-state index is -0.379. The SMILES string of the molecule is CCn1cc(C2=C(c3cn(CC#N)c4ccccc34)C(=O)N(CCNCC=O)C2=O)c2ccccc21. The fourth-order valence-electron chi connectivity index (χ4n) is 4.99. The van der Waals surface area contributed by atoms with Crippen molar-refractivity contribution < 1.29 is 14.4 Å². The second-order valence-corrected chi connectivity index (χ2v) is 8.57. The summed E-state index contributed by atoms with van der Waals surface area (Å²) in [6.07, 6.45) is 4.47. The van der Waals surface area contributed by atoms with Crippen molar-refractivity contribution in [2.24, 2.45) is 0 Å². The molecule has 2 aromatic heterocycles. The van der Waals surface area contributed by atoms with E-state index in [1.807, 2.05) is 61.7 Å². The summed E-state index contributed by atoms with van der Waals surface area (Å²) in [6, 6.07) is 17.6. The third kappa shape index (κ3) is 3.70. The molecule has 1 N–H and O–H groups in total. The van der Waals surface area contributed by atoms with E-state index in [9.17, 15) is 19.6 Å². The smallest absolute Gasteiger partial charge is 0.262 e. The minimum Gasteiger partial charge on any atom is -0.347 e. The van der Waals surface area contributed by atoms with Crippen LogP contribution in [-0.2, 0) is 27.5 Å². The second-order valence-electron chi connectivity index (χ2n) is 8.57. The van der Waals surface area contributed by atoms with Crippen molar-refractivity contribution >= 4 is 51.1 Å². The molecule has 0 unspecified atom stereocenters. The Morgan fingerprint density at radius 1 is 0.889 bits per heavy atom. The van der Waals surface area contributed by atoms with Gasteiger partial charge in [-0.25, -0.2) is 0 Å². The summed E-state index contributed by atoms with van der Waals surface area (Å²) in [5.74, 6) is -0.741. The maximum atomic E-state index is 13.9. The van der Waals surface area contributed by atoms with Gasteiger partial charge in [-0.2, -0.15) is 5.26 Å². The third-order valence-electron chi connectivity index (χ3n) is 6.61. The van der Waals surface area contributed by atoms with Gasteiger partial charge in [0.05, 0.1) is 23.8 Å². The highest BCUT2D eigenvalue weighted by Gasteiger charge is 2.41. The minimum absolute atomic E-state index is 0.125. The Bertz CT molecular complexity index is 1580. The van der Waals surface area contributed by atoms with Gasteiger partial charge in [0.1, 0.15) is 12.8 Å². The average Bonchev–Trinajstić information content (AvgIpc) is 3.52. The first-order valence-corrected chi connectivity index (χ1v) is 11.9. The van der Waals surface area contributed by atoms with Gasteiger partial charge in [-0.1, -0.05) is 36.4 Å². The number of carbonyl (C=O) groups excluding carboxylic acids is 3. The normalized spacial score (nSPS) is 13.8. The van der Waals surface area contributed by atoms with Crippen LogP contribution in [0.1, 0.15) is 18.1 Å². The number of nitrogens with one attached hydrogen (secondary N) is 1. The molecule has 0 fully saturated rings. The highest BCUT2D eigenvalue weighted by molar-refractivity contribution is 6.50. The maximum absolute atomic E-state index is 13.9. The molecule has 0 radical (unpaired) electrons. The average molecular weight is 480 g/mol. The highest BCUT2D eigenvalue weighted by atomic mass is 16.2. The van der Waals surface area contributed by atoms with Gasteiger partial charge in [0.15, 0.2) is 0 Å². The molecule has 8 heteroatoms. The Morgan fingerprint density at radius 2 is 1.44 bits per heavy atom. The molecule has 1 aliphatic rings. The number of hydrogen-bond donors (Lipinski definition) is 1. The lowest BCUT2D eigenvalue weighted by molar-refractivity contribution is -0.135. The quantitative estimate of drug-likeness (QED) is 0.226. The number of aromatic nitrogens is 2. The predicted octanol–water partition coefficient (Wildman–Crippen LogP) is 3.21. The van der Waals surface area contributed by atoms with Crippen molar-refractivity contribution in [1.29, 1.82) is 5.26 Å². The Kier molecular flexibility index (Phi) is 6.23. The molecule has 2 amide bonds. The molecule has 36 heavy (non-hydrogen) atoms. The lowest BCUT2D eigenvalue weighted by Crippen LogP contribution is -2.37. The molecule has 4 aromatic rings. The van der Waals surface area contributed by atoms with E-state index >= 15 is 0 Å². The molecule has 3 heterocycles. The Morgan fingerprint density at radius 3 is 2.00 bits per heavy atom. The van der Waals surface area contributed by atoms with Gasteiger partial charge in [0, 0.05) is 65.0 Å². The van der Waals surface area contributed by atoms with Crippen LogP contribution in [0.4, 0.5) is 0 Å². The molecule has 0 saturated heterocycles. The number of rotatable bonds is 9. The summed E-state index contributed by atoms with van der Waals surface area (Å²) in [7, 11) is 0. The summed E-state index contributed by atoms with van der Waals surface area (Å²) in [5, 5.41) is 14.0. The van der Waals surface area contributed by atoms with Gasteiger partial charge in [0.25, 0.3) is 11.8 Å². The van der Waals surface area contributed by atoms with E-state index in [2.05, 4.69) is 16.0 Å². The van der Waals surface area contributed by atoms with Crippen LogP contribution in [0.25, 0.3) is 33.0 Å². The molecule has 2 aromatic carbocycles. The van der Waals surface area contributed by atoms with Crippen molar-refractivity contribution in [3.63, 3.8) is 0 Å². The first kappa shape index (κ1) is 23.3. The summed E-state index contributed by atoms with van der Waals surface area (Å²) >= 11 is 0.